The third-order valence-electron chi connectivity index (χ3n) is 2.51. The first kappa shape index (κ1) is 10.7. The monoisotopic (exact) mass is 217 g/mol. The second-order valence-electron chi connectivity index (χ2n) is 3.72. The first-order valence-electron chi connectivity index (χ1n) is 5.54. The van der Waals surface area contributed by atoms with Crippen molar-refractivity contribution < 1.29 is 0 Å². The van der Waals surface area contributed by atoms with E-state index in [1.165, 1.54) is 0 Å². The van der Waals surface area contributed by atoms with Crippen LogP contribution in [-0.2, 0) is 6.42 Å². The number of aryl methyl sites for hydroxylation is 1. The number of hydrogen-bond donors (Lipinski definition) is 1. The maximum absolute atomic E-state index is 11.6. The molecule has 0 fully saturated rings. The zero-order valence-electron chi connectivity index (χ0n) is 9.31. The average molecular weight is 217 g/mol. The van der Waals surface area contributed by atoms with E-state index in [1.807, 2.05) is 30.3 Å². The molecule has 0 unspecified atom stereocenters. The second-order valence-corrected chi connectivity index (χ2v) is 3.72. The number of aromatic nitrogens is 3. The Labute approximate surface area is 93.9 Å². The second kappa shape index (κ2) is 4.79. The van der Waals surface area contributed by atoms with E-state index in [9.17, 15) is 4.79 Å². The van der Waals surface area contributed by atoms with Gasteiger partial charge in [-0.05, 0) is 18.6 Å². The topological polar surface area (TPSA) is 50.7 Å². The zero-order chi connectivity index (χ0) is 11.4. The van der Waals surface area contributed by atoms with E-state index in [4.69, 9.17) is 0 Å². The fourth-order valence-electron chi connectivity index (χ4n) is 1.68. The highest BCUT2D eigenvalue weighted by molar-refractivity contribution is 5.31. The van der Waals surface area contributed by atoms with Gasteiger partial charge in [0.25, 0.3) is 0 Å². The Hall–Kier alpha value is -1.84. The third kappa shape index (κ3) is 2.05. The molecule has 1 aromatic heterocycles. The number of H-pyrrole nitrogens is 1. The number of rotatable bonds is 4. The lowest BCUT2D eigenvalue weighted by molar-refractivity contribution is 0.733. The SMILES string of the molecule is CCCCc1n[nH]c(=O)n1-c1ccccc1. The Morgan fingerprint density at radius 3 is 2.75 bits per heavy atom. The van der Waals surface area contributed by atoms with Crippen LogP contribution in [0.1, 0.15) is 25.6 Å². The van der Waals surface area contributed by atoms with Crippen LogP contribution in [0.4, 0.5) is 0 Å². The van der Waals surface area contributed by atoms with Gasteiger partial charge in [0.2, 0.25) is 0 Å². The molecule has 1 heterocycles. The first-order chi connectivity index (χ1) is 7.83. The van der Waals surface area contributed by atoms with Crippen molar-refractivity contribution in [1.29, 1.82) is 0 Å². The molecule has 16 heavy (non-hydrogen) atoms. The molecule has 0 spiro atoms. The molecule has 0 saturated heterocycles. The van der Waals surface area contributed by atoms with Crippen molar-refractivity contribution in [2.24, 2.45) is 0 Å². The lowest BCUT2D eigenvalue weighted by Gasteiger charge is -2.04. The maximum Gasteiger partial charge on any atom is 0.347 e. The van der Waals surface area contributed by atoms with E-state index >= 15 is 0 Å². The van der Waals surface area contributed by atoms with Crippen LogP contribution in [0, 0.1) is 0 Å². The van der Waals surface area contributed by atoms with E-state index in [1.54, 1.807) is 4.57 Å². The van der Waals surface area contributed by atoms with Crippen molar-refractivity contribution in [1.82, 2.24) is 14.8 Å². The van der Waals surface area contributed by atoms with Gasteiger partial charge in [-0.15, -0.1) is 0 Å². The maximum atomic E-state index is 11.6. The molecule has 0 radical (unpaired) electrons. The Bertz CT molecular complexity index is 498. The predicted molar refractivity (Wildman–Crippen MR) is 62.8 cm³/mol. The van der Waals surface area contributed by atoms with Gasteiger partial charge < -0.3 is 0 Å². The number of aromatic amines is 1. The predicted octanol–water partition coefficient (Wildman–Crippen LogP) is 1.90. The summed E-state index contributed by atoms with van der Waals surface area (Å²) in [5.74, 6) is 0.804. The lowest BCUT2D eigenvalue weighted by atomic mass is 10.2. The Balaban J connectivity index is 2.40. The van der Waals surface area contributed by atoms with Gasteiger partial charge in [-0.3, -0.25) is 0 Å². The molecule has 2 rings (SSSR count). The molecule has 0 aliphatic rings. The molecule has 0 aliphatic carbocycles. The molecule has 4 nitrogen and oxygen atoms in total. The van der Waals surface area contributed by atoms with E-state index in [0.717, 1.165) is 30.8 Å². The number of para-hydroxylation sites is 1. The summed E-state index contributed by atoms with van der Waals surface area (Å²) in [5.41, 5.74) is 0.699. The highest BCUT2D eigenvalue weighted by atomic mass is 16.1. The number of nitrogens with zero attached hydrogens (tertiary/aromatic N) is 2. The number of unbranched alkanes of at least 4 members (excludes halogenated alkanes) is 1. The van der Waals surface area contributed by atoms with Gasteiger partial charge in [-0.2, -0.15) is 5.10 Å². The Morgan fingerprint density at radius 2 is 2.06 bits per heavy atom. The summed E-state index contributed by atoms with van der Waals surface area (Å²) in [6, 6.07) is 9.58. The minimum Gasteiger partial charge on any atom is -0.247 e. The minimum atomic E-state index is -0.169. The summed E-state index contributed by atoms with van der Waals surface area (Å²) in [4.78, 5) is 11.6. The molecule has 0 saturated carbocycles. The Kier molecular flexibility index (Phi) is 3.19. The van der Waals surface area contributed by atoms with Crippen LogP contribution in [0.5, 0.6) is 0 Å². The molecule has 0 aliphatic heterocycles. The zero-order valence-corrected chi connectivity index (χ0v) is 9.31. The summed E-state index contributed by atoms with van der Waals surface area (Å²) in [5, 5.41) is 6.56. The molecule has 4 heteroatoms. The van der Waals surface area contributed by atoms with Crippen LogP contribution in [0.25, 0.3) is 5.69 Å². The van der Waals surface area contributed by atoms with Crippen LogP contribution in [0.15, 0.2) is 35.1 Å². The van der Waals surface area contributed by atoms with Crippen LogP contribution in [-0.4, -0.2) is 14.8 Å². The van der Waals surface area contributed by atoms with Crippen LogP contribution >= 0.6 is 0 Å². The van der Waals surface area contributed by atoms with Gasteiger partial charge in [0, 0.05) is 6.42 Å². The van der Waals surface area contributed by atoms with Crippen molar-refractivity contribution in [3.63, 3.8) is 0 Å². The van der Waals surface area contributed by atoms with Crippen LogP contribution < -0.4 is 5.69 Å². The van der Waals surface area contributed by atoms with Gasteiger partial charge in [0.15, 0.2) is 0 Å². The van der Waals surface area contributed by atoms with E-state index in [2.05, 4.69) is 17.1 Å². The van der Waals surface area contributed by atoms with Gasteiger partial charge in [-0.1, -0.05) is 31.5 Å². The number of nitrogens with one attached hydrogen (secondary N) is 1. The molecule has 84 valence electrons. The molecule has 1 aromatic carbocycles. The summed E-state index contributed by atoms with van der Waals surface area (Å²) in [6.45, 7) is 2.12. The van der Waals surface area contributed by atoms with Crippen molar-refractivity contribution in [3.8, 4) is 5.69 Å². The molecule has 2 aromatic rings. The fourth-order valence-corrected chi connectivity index (χ4v) is 1.68. The van der Waals surface area contributed by atoms with Gasteiger partial charge in [-0.25, -0.2) is 14.5 Å². The van der Waals surface area contributed by atoms with Gasteiger partial charge >= 0.3 is 5.69 Å². The third-order valence-corrected chi connectivity index (χ3v) is 2.51. The molecular weight excluding hydrogens is 202 g/mol. The smallest absolute Gasteiger partial charge is 0.247 e. The molecule has 0 atom stereocenters. The van der Waals surface area contributed by atoms with Crippen molar-refractivity contribution in [3.05, 3.63) is 46.6 Å². The van der Waals surface area contributed by atoms with Crippen LogP contribution in [0.3, 0.4) is 0 Å². The number of hydrogen-bond acceptors (Lipinski definition) is 2. The summed E-state index contributed by atoms with van der Waals surface area (Å²) < 4.78 is 1.63. The molecule has 0 bridgehead atoms. The fraction of sp³-hybridized carbons (Fsp3) is 0.333. The highest BCUT2D eigenvalue weighted by Crippen LogP contribution is 2.08. The standard InChI is InChI=1S/C12H15N3O/c1-2-3-9-11-13-14-12(16)15(11)10-7-5-4-6-8-10/h4-8H,2-3,9H2,1H3,(H,14,16). The molecule has 0 amide bonds. The Morgan fingerprint density at radius 1 is 1.31 bits per heavy atom. The minimum absolute atomic E-state index is 0.169. The van der Waals surface area contributed by atoms with Crippen LogP contribution in [0.2, 0.25) is 0 Å². The van der Waals surface area contributed by atoms with E-state index < -0.39 is 0 Å². The normalized spacial score (nSPS) is 10.6. The van der Waals surface area contributed by atoms with Crippen molar-refractivity contribution in [2.75, 3.05) is 0 Å². The van der Waals surface area contributed by atoms with Gasteiger partial charge in [0.05, 0.1) is 5.69 Å². The van der Waals surface area contributed by atoms with E-state index in [-0.39, 0.29) is 5.69 Å². The van der Waals surface area contributed by atoms with Crippen molar-refractivity contribution in [2.45, 2.75) is 26.2 Å². The quantitative estimate of drug-likeness (QED) is 0.850. The lowest BCUT2D eigenvalue weighted by Crippen LogP contribution is -2.16. The average Bonchev–Trinajstić information content (AvgIpc) is 2.69. The highest BCUT2D eigenvalue weighted by Gasteiger charge is 2.08. The summed E-state index contributed by atoms with van der Waals surface area (Å²) in [6.07, 6.45) is 2.96. The molecular formula is C12H15N3O. The molecule has 1 N–H and O–H groups in total. The van der Waals surface area contributed by atoms with E-state index in [0.29, 0.717) is 0 Å². The van der Waals surface area contributed by atoms with Gasteiger partial charge in [0.1, 0.15) is 5.82 Å². The van der Waals surface area contributed by atoms with Crippen molar-refractivity contribution >= 4 is 0 Å². The first-order valence-corrected chi connectivity index (χ1v) is 5.54. The summed E-state index contributed by atoms with van der Waals surface area (Å²) in [7, 11) is 0. The number of benzene rings is 1. The largest absolute Gasteiger partial charge is 0.347 e. The summed E-state index contributed by atoms with van der Waals surface area (Å²) >= 11 is 0.